The highest BCUT2D eigenvalue weighted by atomic mass is 79.9. The van der Waals surface area contributed by atoms with Crippen molar-refractivity contribution in [3.63, 3.8) is 0 Å². The van der Waals surface area contributed by atoms with Crippen LogP contribution in [0.2, 0.25) is 0 Å². The Morgan fingerprint density at radius 1 is 1.26 bits per heavy atom. The standard InChI is InChI=1S/C17H22BrNO4/c1-10-12(18)14(15-13(10)22-17(2,3)23-15)21-16(20)19-9-11-7-5-4-6-8-11/h4-8,10,12-15H,9H2,1-3H3,(H,19,20)/t10-,12+,13-,14-,15-/m1/s1. The van der Waals surface area contributed by atoms with Crippen molar-refractivity contribution in [2.75, 3.05) is 0 Å². The van der Waals surface area contributed by atoms with Crippen molar-refractivity contribution in [1.29, 1.82) is 0 Å². The molecule has 1 heterocycles. The lowest BCUT2D eigenvalue weighted by atomic mass is 10.1. The van der Waals surface area contributed by atoms with Crippen LogP contribution < -0.4 is 5.32 Å². The largest absolute Gasteiger partial charge is 0.442 e. The summed E-state index contributed by atoms with van der Waals surface area (Å²) in [4.78, 5) is 12.1. The molecule has 1 aromatic rings. The summed E-state index contributed by atoms with van der Waals surface area (Å²) >= 11 is 3.62. The number of benzene rings is 1. The number of nitrogens with one attached hydrogen (secondary N) is 1. The molecule has 1 N–H and O–H groups in total. The second-order valence-electron chi connectivity index (χ2n) is 6.58. The zero-order valence-corrected chi connectivity index (χ0v) is 15.1. The van der Waals surface area contributed by atoms with Gasteiger partial charge in [-0.1, -0.05) is 53.2 Å². The third-order valence-corrected chi connectivity index (χ3v) is 5.70. The number of ether oxygens (including phenoxy) is 3. The van der Waals surface area contributed by atoms with Gasteiger partial charge in [0.1, 0.15) is 12.2 Å². The Morgan fingerprint density at radius 2 is 1.91 bits per heavy atom. The van der Waals surface area contributed by atoms with E-state index in [1.54, 1.807) is 0 Å². The van der Waals surface area contributed by atoms with Gasteiger partial charge < -0.3 is 19.5 Å². The van der Waals surface area contributed by atoms with Crippen molar-refractivity contribution in [1.82, 2.24) is 5.32 Å². The lowest BCUT2D eigenvalue weighted by molar-refractivity contribution is -0.164. The van der Waals surface area contributed by atoms with Gasteiger partial charge in [-0.2, -0.15) is 0 Å². The molecule has 1 aliphatic carbocycles. The zero-order chi connectivity index (χ0) is 16.6. The molecule has 1 aliphatic heterocycles. The Morgan fingerprint density at radius 3 is 2.61 bits per heavy atom. The van der Waals surface area contributed by atoms with E-state index in [0.717, 1.165) is 5.56 Å². The first-order valence-electron chi connectivity index (χ1n) is 7.85. The number of rotatable bonds is 3. The number of alkyl carbamates (subject to hydrolysis) is 1. The average Bonchev–Trinajstić information content (AvgIpc) is 2.94. The van der Waals surface area contributed by atoms with Crippen molar-refractivity contribution in [3.8, 4) is 0 Å². The molecule has 3 rings (SSSR count). The Hall–Kier alpha value is -1.11. The molecular formula is C17H22BrNO4. The van der Waals surface area contributed by atoms with Crippen LogP contribution in [0.15, 0.2) is 30.3 Å². The van der Waals surface area contributed by atoms with Crippen LogP contribution in [0.25, 0.3) is 0 Å². The first-order chi connectivity index (χ1) is 10.9. The third kappa shape index (κ3) is 3.54. The van der Waals surface area contributed by atoms with Gasteiger partial charge in [0, 0.05) is 12.5 Å². The molecule has 0 aromatic heterocycles. The lowest BCUT2D eigenvalue weighted by Gasteiger charge is -2.25. The van der Waals surface area contributed by atoms with E-state index >= 15 is 0 Å². The van der Waals surface area contributed by atoms with Crippen LogP contribution in [-0.4, -0.2) is 35.0 Å². The van der Waals surface area contributed by atoms with Gasteiger partial charge in [-0.15, -0.1) is 0 Å². The fraction of sp³-hybridized carbons (Fsp3) is 0.588. The van der Waals surface area contributed by atoms with E-state index in [9.17, 15) is 4.79 Å². The van der Waals surface area contributed by atoms with Gasteiger partial charge in [-0.05, 0) is 19.4 Å². The third-order valence-electron chi connectivity index (χ3n) is 4.34. The van der Waals surface area contributed by atoms with Gasteiger partial charge in [0.15, 0.2) is 5.79 Å². The highest BCUT2D eigenvalue weighted by molar-refractivity contribution is 9.09. The second kappa shape index (κ2) is 6.42. The minimum atomic E-state index is -0.640. The first-order valence-corrected chi connectivity index (χ1v) is 8.77. The summed E-state index contributed by atoms with van der Waals surface area (Å²) < 4.78 is 17.5. The maximum absolute atomic E-state index is 12.1. The molecule has 2 fully saturated rings. The maximum atomic E-state index is 12.1. The fourth-order valence-corrected chi connectivity index (χ4v) is 3.92. The highest BCUT2D eigenvalue weighted by Gasteiger charge is 2.58. The quantitative estimate of drug-likeness (QED) is 0.814. The van der Waals surface area contributed by atoms with Gasteiger partial charge in [-0.3, -0.25) is 0 Å². The SMILES string of the molecule is C[C@@H]1[C@H](Br)[C@@H](OC(=O)NCc2ccccc2)[C@@H]2OC(C)(C)O[C@H]12. The Kier molecular flexibility index (Phi) is 4.67. The second-order valence-corrected chi connectivity index (χ2v) is 7.63. The monoisotopic (exact) mass is 383 g/mol. The summed E-state index contributed by atoms with van der Waals surface area (Å²) in [5.74, 6) is -0.438. The average molecular weight is 384 g/mol. The van der Waals surface area contributed by atoms with Crippen LogP contribution >= 0.6 is 15.9 Å². The van der Waals surface area contributed by atoms with E-state index in [4.69, 9.17) is 14.2 Å². The van der Waals surface area contributed by atoms with E-state index in [0.29, 0.717) is 6.54 Å². The predicted molar refractivity (Wildman–Crippen MR) is 89.3 cm³/mol. The van der Waals surface area contributed by atoms with Gasteiger partial charge >= 0.3 is 6.09 Å². The highest BCUT2D eigenvalue weighted by Crippen LogP contribution is 2.45. The van der Waals surface area contributed by atoms with Crippen molar-refractivity contribution in [2.24, 2.45) is 5.92 Å². The molecule has 5 atom stereocenters. The minimum Gasteiger partial charge on any atom is -0.442 e. The van der Waals surface area contributed by atoms with E-state index in [2.05, 4.69) is 28.2 Å². The molecule has 1 amide bonds. The van der Waals surface area contributed by atoms with Crippen LogP contribution in [0.4, 0.5) is 4.79 Å². The van der Waals surface area contributed by atoms with Crippen molar-refractivity contribution >= 4 is 22.0 Å². The Labute approximate surface area is 144 Å². The molecule has 2 aliphatic rings. The van der Waals surface area contributed by atoms with Crippen molar-refractivity contribution in [3.05, 3.63) is 35.9 Å². The number of hydrogen-bond donors (Lipinski definition) is 1. The smallest absolute Gasteiger partial charge is 0.407 e. The molecule has 0 radical (unpaired) electrons. The topological polar surface area (TPSA) is 56.8 Å². The summed E-state index contributed by atoms with van der Waals surface area (Å²) in [6.45, 7) is 6.28. The van der Waals surface area contributed by atoms with Gasteiger partial charge in [-0.25, -0.2) is 4.79 Å². The predicted octanol–water partition coefficient (Wildman–Crippen LogP) is 3.21. The van der Waals surface area contributed by atoms with E-state index < -0.39 is 11.9 Å². The number of alkyl halides is 1. The van der Waals surface area contributed by atoms with Gasteiger partial charge in [0.25, 0.3) is 0 Å². The fourth-order valence-electron chi connectivity index (χ4n) is 3.21. The molecule has 1 aromatic carbocycles. The van der Waals surface area contributed by atoms with Gasteiger partial charge in [0.05, 0.1) is 10.9 Å². The van der Waals surface area contributed by atoms with Crippen LogP contribution in [0, 0.1) is 5.92 Å². The van der Waals surface area contributed by atoms with Gasteiger partial charge in [0.2, 0.25) is 0 Å². The van der Waals surface area contributed by atoms with Crippen molar-refractivity contribution in [2.45, 2.75) is 56.2 Å². The molecular weight excluding hydrogens is 362 g/mol. The Balaban J connectivity index is 1.59. The molecule has 1 saturated carbocycles. The summed E-state index contributed by atoms with van der Waals surface area (Å²) in [7, 11) is 0. The number of carbonyl (C=O) groups is 1. The molecule has 0 bridgehead atoms. The minimum absolute atomic E-state index is 0.0103. The molecule has 5 nitrogen and oxygen atoms in total. The van der Waals surface area contributed by atoms with Crippen LogP contribution in [0.5, 0.6) is 0 Å². The Bertz CT molecular complexity index is 565. The van der Waals surface area contributed by atoms with E-state index in [-0.39, 0.29) is 29.1 Å². The number of hydrogen-bond acceptors (Lipinski definition) is 4. The number of carbonyl (C=O) groups excluding carboxylic acids is 1. The maximum Gasteiger partial charge on any atom is 0.407 e. The van der Waals surface area contributed by atoms with Crippen molar-refractivity contribution < 1.29 is 19.0 Å². The molecule has 0 unspecified atom stereocenters. The summed E-state index contributed by atoms with van der Waals surface area (Å²) in [6, 6.07) is 9.73. The van der Waals surface area contributed by atoms with E-state index in [1.165, 1.54) is 0 Å². The number of amides is 1. The zero-order valence-electron chi connectivity index (χ0n) is 13.5. The lowest BCUT2D eigenvalue weighted by Crippen LogP contribution is -2.39. The molecule has 23 heavy (non-hydrogen) atoms. The summed E-state index contributed by atoms with van der Waals surface area (Å²) in [6.07, 6.45) is -1.12. The summed E-state index contributed by atoms with van der Waals surface area (Å²) in [5, 5.41) is 2.78. The molecule has 1 saturated heterocycles. The summed E-state index contributed by atoms with van der Waals surface area (Å²) in [5.41, 5.74) is 1.03. The van der Waals surface area contributed by atoms with Crippen LogP contribution in [0.3, 0.4) is 0 Å². The normalized spacial score (nSPS) is 34.9. The number of halogens is 1. The molecule has 6 heteroatoms. The van der Waals surface area contributed by atoms with E-state index in [1.807, 2.05) is 44.2 Å². The number of fused-ring (bicyclic) bond motifs is 1. The first kappa shape index (κ1) is 16.7. The van der Waals surface area contributed by atoms with Crippen LogP contribution in [-0.2, 0) is 20.8 Å². The molecule has 0 spiro atoms. The van der Waals surface area contributed by atoms with Crippen LogP contribution in [0.1, 0.15) is 26.3 Å². The molecule has 126 valence electrons.